The predicted octanol–water partition coefficient (Wildman–Crippen LogP) is 5.46. The molecule has 6 nitrogen and oxygen atoms in total. The molecule has 0 heterocycles. The van der Waals surface area contributed by atoms with E-state index < -0.39 is 11.6 Å². The lowest BCUT2D eigenvalue weighted by molar-refractivity contribution is -0.147. The second-order valence-electron chi connectivity index (χ2n) is 8.36. The maximum atomic E-state index is 13.4. The first kappa shape index (κ1) is 26.0. The number of amides is 1. The average molecular weight is 422 g/mol. The molecular weight excluding hydrogens is 382 g/mol. The molecule has 0 bridgehead atoms. The summed E-state index contributed by atoms with van der Waals surface area (Å²) in [6.45, 7) is 15.2. The zero-order valence-electron chi connectivity index (χ0n) is 19.7. The Balaban J connectivity index is 3.25. The molecule has 0 saturated heterocycles. The van der Waals surface area contributed by atoms with Gasteiger partial charge in [0.2, 0.25) is 0 Å². The molecule has 0 unspecified atom stereocenters. The lowest BCUT2D eigenvalue weighted by atomic mass is 9.83. The number of carbonyl (C=O) groups is 2. The molecule has 0 saturated carbocycles. The van der Waals surface area contributed by atoms with Gasteiger partial charge in [-0.15, -0.1) is 0 Å². The van der Waals surface area contributed by atoms with Gasteiger partial charge in [-0.2, -0.15) is 0 Å². The fourth-order valence-electron chi connectivity index (χ4n) is 3.57. The van der Waals surface area contributed by atoms with Gasteiger partial charge in [0, 0.05) is 12.3 Å². The first-order valence-electron chi connectivity index (χ1n) is 11.1. The Bertz CT molecular complexity index is 674. The highest BCUT2D eigenvalue weighted by Gasteiger charge is 2.40. The summed E-state index contributed by atoms with van der Waals surface area (Å²) in [6, 6.07) is 5.03. The van der Waals surface area contributed by atoms with Crippen molar-refractivity contribution >= 4 is 17.6 Å². The number of hydrogen-bond donors (Lipinski definition) is 1. The third-order valence-electron chi connectivity index (χ3n) is 4.50. The van der Waals surface area contributed by atoms with Crippen molar-refractivity contribution in [3.8, 4) is 5.75 Å². The summed E-state index contributed by atoms with van der Waals surface area (Å²) in [5, 5.41) is 2.98. The average Bonchev–Trinajstić information content (AvgIpc) is 2.66. The second-order valence-corrected chi connectivity index (χ2v) is 8.36. The Labute approximate surface area is 181 Å². The van der Waals surface area contributed by atoms with E-state index in [-0.39, 0.29) is 12.5 Å². The van der Waals surface area contributed by atoms with E-state index in [0.29, 0.717) is 54.9 Å². The van der Waals surface area contributed by atoms with E-state index in [9.17, 15) is 9.59 Å². The van der Waals surface area contributed by atoms with E-state index >= 15 is 0 Å². The van der Waals surface area contributed by atoms with Gasteiger partial charge in [-0.3, -0.25) is 4.79 Å². The topological polar surface area (TPSA) is 73.9 Å². The van der Waals surface area contributed by atoms with Crippen LogP contribution >= 0.6 is 0 Å². The standard InChI is InChI=1S/C24H39NO5/c1-8-13-30-24(15-17(4)5,16-18(6)7)23(27)25-19-11-12-21(28-9-2)20(14-19)22(26)29-10-3/h11-12,14,17-18H,8-10,13,15-16H2,1-7H3,(H,25,27). The van der Waals surface area contributed by atoms with Crippen LogP contribution in [0.3, 0.4) is 0 Å². The van der Waals surface area contributed by atoms with E-state index in [1.54, 1.807) is 25.1 Å². The van der Waals surface area contributed by atoms with Gasteiger partial charge >= 0.3 is 5.97 Å². The van der Waals surface area contributed by atoms with Crippen molar-refractivity contribution in [2.45, 2.75) is 73.3 Å². The Morgan fingerprint density at radius 3 is 2.13 bits per heavy atom. The number of ether oxygens (including phenoxy) is 3. The molecule has 0 aliphatic carbocycles. The molecule has 30 heavy (non-hydrogen) atoms. The third kappa shape index (κ3) is 7.63. The van der Waals surface area contributed by atoms with Crippen LogP contribution in [-0.2, 0) is 14.3 Å². The van der Waals surface area contributed by atoms with Crippen molar-refractivity contribution in [3.63, 3.8) is 0 Å². The predicted molar refractivity (Wildman–Crippen MR) is 120 cm³/mol. The molecule has 0 aliphatic rings. The molecule has 1 rings (SSSR count). The molecule has 0 spiro atoms. The maximum Gasteiger partial charge on any atom is 0.341 e. The number of esters is 1. The third-order valence-corrected chi connectivity index (χ3v) is 4.50. The molecule has 1 N–H and O–H groups in total. The Morgan fingerprint density at radius 1 is 1.00 bits per heavy atom. The Hall–Kier alpha value is -2.08. The largest absolute Gasteiger partial charge is 0.493 e. The lowest BCUT2D eigenvalue weighted by Gasteiger charge is -2.35. The summed E-state index contributed by atoms with van der Waals surface area (Å²) < 4.78 is 16.9. The van der Waals surface area contributed by atoms with Gasteiger partial charge in [-0.1, -0.05) is 34.6 Å². The highest BCUT2D eigenvalue weighted by molar-refractivity contribution is 5.99. The molecule has 0 radical (unpaired) electrons. The normalized spacial score (nSPS) is 11.6. The van der Waals surface area contributed by atoms with Crippen LogP contribution < -0.4 is 10.1 Å². The van der Waals surface area contributed by atoms with Crippen LogP contribution in [0.1, 0.15) is 78.1 Å². The lowest BCUT2D eigenvalue weighted by Crippen LogP contribution is -2.48. The van der Waals surface area contributed by atoms with Gasteiger partial charge < -0.3 is 19.5 Å². The van der Waals surface area contributed by atoms with E-state index in [1.807, 2.05) is 13.8 Å². The molecule has 1 aromatic rings. The Morgan fingerprint density at radius 2 is 1.63 bits per heavy atom. The number of nitrogens with one attached hydrogen (secondary N) is 1. The van der Waals surface area contributed by atoms with Gasteiger partial charge in [-0.25, -0.2) is 4.79 Å². The van der Waals surface area contributed by atoms with Crippen molar-refractivity contribution in [2.75, 3.05) is 25.1 Å². The smallest absolute Gasteiger partial charge is 0.341 e. The summed E-state index contributed by atoms with van der Waals surface area (Å²) in [6.07, 6.45) is 2.08. The van der Waals surface area contributed by atoms with Crippen molar-refractivity contribution < 1.29 is 23.8 Å². The fourth-order valence-corrected chi connectivity index (χ4v) is 3.57. The van der Waals surface area contributed by atoms with E-state index in [1.165, 1.54) is 0 Å². The highest BCUT2D eigenvalue weighted by atomic mass is 16.5. The summed E-state index contributed by atoms with van der Waals surface area (Å²) in [4.78, 5) is 25.8. The van der Waals surface area contributed by atoms with Crippen LogP contribution in [0, 0.1) is 11.8 Å². The minimum Gasteiger partial charge on any atom is -0.493 e. The molecule has 1 aromatic carbocycles. The first-order valence-corrected chi connectivity index (χ1v) is 11.1. The van der Waals surface area contributed by atoms with Crippen LogP contribution in [0.15, 0.2) is 18.2 Å². The molecule has 170 valence electrons. The van der Waals surface area contributed by atoms with Crippen LogP contribution in [0.2, 0.25) is 0 Å². The molecule has 1 amide bonds. The van der Waals surface area contributed by atoms with Gasteiger partial charge in [0.15, 0.2) is 0 Å². The highest BCUT2D eigenvalue weighted by Crippen LogP contribution is 2.32. The van der Waals surface area contributed by atoms with Crippen LogP contribution in [0.5, 0.6) is 5.75 Å². The molecule has 0 atom stereocenters. The quantitative estimate of drug-likeness (QED) is 0.428. The van der Waals surface area contributed by atoms with Crippen LogP contribution in [0.25, 0.3) is 0 Å². The first-order chi connectivity index (χ1) is 14.2. The molecule has 0 aliphatic heterocycles. The fraction of sp³-hybridized carbons (Fsp3) is 0.667. The molecule has 0 fully saturated rings. The summed E-state index contributed by atoms with van der Waals surface area (Å²) in [7, 11) is 0. The Kier molecular flexibility index (Phi) is 10.9. The van der Waals surface area contributed by atoms with Crippen molar-refractivity contribution in [1.29, 1.82) is 0 Å². The number of rotatable bonds is 13. The van der Waals surface area contributed by atoms with E-state index in [4.69, 9.17) is 14.2 Å². The molecule has 0 aromatic heterocycles. The van der Waals surface area contributed by atoms with Gasteiger partial charge in [0.1, 0.15) is 16.9 Å². The second kappa shape index (κ2) is 12.6. The zero-order valence-corrected chi connectivity index (χ0v) is 19.7. The monoisotopic (exact) mass is 421 g/mol. The van der Waals surface area contributed by atoms with E-state index in [2.05, 4.69) is 33.0 Å². The van der Waals surface area contributed by atoms with Crippen molar-refractivity contribution in [1.82, 2.24) is 0 Å². The minimum atomic E-state index is -0.916. The molecule has 6 heteroatoms. The summed E-state index contributed by atoms with van der Waals surface area (Å²) in [5.74, 6) is 0.364. The van der Waals surface area contributed by atoms with E-state index in [0.717, 1.165) is 6.42 Å². The van der Waals surface area contributed by atoms with Gasteiger partial charge in [0.25, 0.3) is 5.91 Å². The van der Waals surface area contributed by atoms with Gasteiger partial charge in [0.05, 0.1) is 13.2 Å². The number of anilines is 1. The van der Waals surface area contributed by atoms with Gasteiger partial charge in [-0.05, 0) is 63.1 Å². The summed E-state index contributed by atoms with van der Waals surface area (Å²) >= 11 is 0. The van der Waals surface area contributed by atoms with Crippen molar-refractivity contribution in [3.05, 3.63) is 23.8 Å². The summed E-state index contributed by atoms with van der Waals surface area (Å²) in [5.41, 5.74) is -0.103. The van der Waals surface area contributed by atoms with Crippen LogP contribution in [-0.4, -0.2) is 37.3 Å². The zero-order chi connectivity index (χ0) is 22.7. The number of benzene rings is 1. The maximum absolute atomic E-state index is 13.4. The number of hydrogen-bond acceptors (Lipinski definition) is 5. The minimum absolute atomic E-state index is 0.183. The SMILES string of the molecule is CCCOC(CC(C)C)(CC(C)C)C(=O)Nc1ccc(OCC)c(C(=O)OCC)c1. The van der Waals surface area contributed by atoms with Crippen LogP contribution in [0.4, 0.5) is 5.69 Å². The van der Waals surface area contributed by atoms with Crippen molar-refractivity contribution in [2.24, 2.45) is 11.8 Å². The number of carbonyl (C=O) groups excluding carboxylic acids is 2. The molecular formula is C24H39NO5.